The number of carbonyl (C=O) groups is 2. The number of aliphatic imine (C=N–C) groups is 1. The van der Waals surface area contributed by atoms with Gasteiger partial charge >= 0.3 is 6.09 Å². The highest BCUT2D eigenvalue weighted by molar-refractivity contribution is 5.94. The lowest BCUT2D eigenvalue weighted by atomic mass is 9.93. The first-order chi connectivity index (χ1) is 14.1. The molecule has 0 saturated carbocycles. The van der Waals surface area contributed by atoms with Gasteiger partial charge in [-0.3, -0.25) is 9.79 Å². The molecule has 0 aliphatic heterocycles. The molecule has 0 aliphatic rings. The summed E-state index contributed by atoms with van der Waals surface area (Å²) in [7, 11) is 1.68. The predicted octanol–water partition coefficient (Wildman–Crippen LogP) is 2.66. The molecule has 0 aliphatic carbocycles. The lowest BCUT2D eigenvalue weighted by molar-refractivity contribution is 0.0448. The number of hydrogen-bond acceptors (Lipinski definition) is 4. The molecule has 0 unspecified atom stereocenters. The highest BCUT2D eigenvalue weighted by atomic mass is 16.6. The van der Waals surface area contributed by atoms with Crippen molar-refractivity contribution in [2.75, 3.05) is 26.7 Å². The van der Waals surface area contributed by atoms with Crippen LogP contribution in [-0.4, -0.2) is 55.8 Å². The average Bonchev–Trinajstić information content (AvgIpc) is 2.71. The van der Waals surface area contributed by atoms with Crippen molar-refractivity contribution in [1.29, 1.82) is 0 Å². The first kappa shape index (κ1) is 25.3. The molecule has 30 heavy (non-hydrogen) atoms. The number of alkyl carbamates (subject to hydrolysis) is 1. The number of amides is 2. The molecule has 4 N–H and O–H groups in total. The standard InChI is InChI=1S/C22H37N5O3/c1-7-22(8-2,27-20(29)30-21(3,4)5)16-26-19(23-6)25-15-14-24-18(28)17-12-10-9-11-13-17/h9-13H,7-8,14-16H2,1-6H3,(H,24,28)(H,27,29)(H2,23,25,26). The Kier molecular flexibility index (Phi) is 10.1. The molecule has 0 atom stereocenters. The third kappa shape index (κ3) is 9.15. The molecule has 1 aromatic carbocycles. The van der Waals surface area contributed by atoms with E-state index in [-0.39, 0.29) is 5.91 Å². The summed E-state index contributed by atoms with van der Waals surface area (Å²) in [5.74, 6) is 0.485. The van der Waals surface area contributed by atoms with Crippen molar-refractivity contribution >= 4 is 18.0 Å². The van der Waals surface area contributed by atoms with Crippen LogP contribution in [0.25, 0.3) is 0 Å². The zero-order valence-electron chi connectivity index (χ0n) is 19.1. The SMILES string of the molecule is CCC(CC)(CNC(=NC)NCCNC(=O)c1ccccc1)NC(=O)OC(C)(C)C. The highest BCUT2D eigenvalue weighted by Crippen LogP contribution is 2.16. The maximum Gasteiger partial charge on any atom is 0.408 e. The van der Waals surface area contributed by atoms with Gasteiger partial charge in [0.1, 0.15) is 5.60 Å². The van der Waals surface area contributed by atoms with Crippen LogP contribution in [0.5, 0.6) is 0 Å². The molecule has 0 radical (unpaired) electrons. The molecule has 1 aromatic rings. The van der Waals surface area contributed by atoms with Crippen molar-refractivity contribution in [3.05, 3.63) is 35.9 Å². The van der Waals surface area contributed by atoms with Gasteiger partial charge in [0.2, 0.25) is 0 Å². The van der Waals surface area contributed by atoms with Crippen LogP contribution in [0.15, 0.2) is 35.3 Å². The summed E-state index contributed by atoms with van der Waals surface area (Å²) in [4.78, 5) is 28.5. The van der Waals surface area contributed by atoms with Crippen LogP contribution in [0.1, 0.15) is 57.8 Å². The highest BCUT2D eigenvalue weighted by Gasteiger charge is 2.30. The van der Waals surface area contributed by atoms with Gasteiger partial charge in [0, 0.05) is 32.2 Å². The van der Waals surface area contributed by atoms with E-state index >= 15 is 0 Å². The molecular formula is C22H37N5O3. The Hall–Kier alpha value is -2.77. The minimum Gasteiger partial charge on any atom is -0.444 e. The number of hydrogen-bond donors (Lipinski definition) is 4. The second-order valence-electron chi connectivity index (χ2n) is 8.09. The summed E-state index contributed by atoms with van der Waals surface area (Å²) in [6.07, 6.45) is 1.04. The van der Waals surface area contributed by atoms with E-state index in [9.17, 15) is 9.59 Å². The molecular weight excluding hydrogens is 382 g/mol. The smallest absolute Gasteiger partial charge is 0.408 e. The Morgan fingerprint density at radius 1 is 0.967 bits per heavy atom. The number of rotatable bonds is 9. The molecule has 0 heterocycles. The number of carbonyl (C=O) groups excluding carboxylic acids is 2. The minimum absolute atomic E-state index is 0.113. The zero-order valence-corrected chi connectivity index (χ0v) is 19.1. The van der Waals surface area contributed by atoms with Crippen LogP contribution < -0.4 is 21.3 Å². The van der Waals surface area contributed by atoms with Gasteiger partial charge in [0.15, 0.2) is 5.96 Å². The molecule has 0 aromatic heterocycles. The van der Waals surface area contributed by atoms with E-state index in [0.29, 0.717) is 31.2 Å². The molecule has 2 amide bonds. The van der Waals surface area contributed by atoms with E-state index in [0.717, 1.165) is 12.8 Å². The molecule has 0 spiro atoms. The van der Waals surface area contributed by atoms with Gasteiger partial charge in [-0.1, -0.05) is 32.0 Å². The monoisotopic (exact) mass is 419 g/mol. The van der Waals surface area contributed by atoms with Crippen LogP contribution in [-0.2, 0) is 4.74 Å². The summed E-state index contributed by atoms with van der Waals surface area (Å²) in [5.41, 5.74) is -0.377. The van der Waals surface area contributed by atoms with Gasteiger partial charge < -0.3 is 26.0 Å². The van der Waals surface area contributed by atoms with E-state index in [1.807, 2.05) is 52.8 Å². The van der Waals surface area contributed by atoms with Crippen molar-refractivity contribution in [2.45, 2.75) is 58.6 Å². The number of guanidine groups is 1. The Balaban J connectivity index is 2.49. The third-order valence-corrected chi connectivity index (χ3v) is 4.68. The lowest BCUT2D eigenvalue weighted by Gasteiger charge is -2.34. The number of benzene rings is 1. The summed E-state index contributed by atoms with van der Waals surface area (Å²) in [6.45, 7) is 11.0. The first-order valence-electron chi connectivity index (χ1n) is 10.4. The molecule has 8 heteroatoms. The van der Waals surface area contributed by atoms with Crippen molar-refractivity contribution in [3.63, 3.8) is 0 Å². The van der Waals surface area contributed by atoms with Gasteiger partial charge in [-0.25, -0.2) is 4.79 Å². The quantitative estimate of drug-likeness (QED) is 0.280. The summed E-state index contributed by atoms with van der Waals surface area (Å²) >= 11 is 0. The number of nitrogens with one attached hydrogen (secondary N) is 4. The van der Waals surface area contributed by atoms with Crippen molar-refractivity contribution in [2.24, 2.45) is 4.99 Å². The first-order valence-corrected chi connectivity index (χ1v) is 10.4. The number of ether oxygens (including phenoxy) is 1. The summed E-state index contributed by atoms with van der Waals surface area (Å²) in [6, 6.07) is 9.08. The van der Waals surface area contributed by atoms with Gasteiger partial charge in [-0.2, -0.15) is 0 Å². The fourth-order valence-corrected chi connectivity index (χ4v) is 2.76. The largest absolute Gasteiger partial charge is 0.444 e. The molecule has 0 bridgehead atoms. The zero-order chi connectivity index (χ0) is 22.6. The van der Waals surface area contributed by atoms with Gasteiger partial charge in [0.25, 0.3) is 5.91 Å². The Bertz CT molecular complexity index is 694. The molecule has 168 valence electrons. The fraction of sp³-hybridized carbons (Fsp3) is 0.591. The van der Waals surface area contributed by atoms with E-state index in [2.05, 4.69) is 26.3 Å². The second-order valence-corrected chi connectivity index (χ2v) is 8.09. The van der Waals surface area contributed by atoms with Crippen LogP contribution in [0.2, 0.25) is 0 Å². The topological polar surface area (TPSA) is 104 Å². The predicted molar refractivity (Wildman–Crippen MR) is 121 cm³/mol. The van der Waals surface area contributed by atoms with Gasteiger partial charge in [0.05, 0.1) is 5.54 Å². The molecule has 1 rings (SSSR count). The average molecular weight is 420 g/mol. The molecule has 0 fully saturated rings. The van der Waals surface area contributed by atoms with Crippen molar-refractivity contribution in [3.8, 4) is 0 Å². The summed E-state index contributed by atoms with van der Waals surface area (Å²) in [5, 5.41) is 12.3. The van der Waals surface area contributed by atoms with E-state index in [1.54, 1.807) is 19.2 Å². The number of nitrogens with zero attached hydrogens (tertiary/aromatic N) is 1. The Labute approximate surface area is 180 Å². The molecule has 0 saturated heterocycles. The third-order valence-electron chi connectivity index (χ3n) is 4.68. The van der Waals surface area contributed by atoms with E-state index < -0.39 is 17.2 Å². The Morgan fingerprint density at radius 2 is 1.57 bits per heavy atom. The van der Waals surface area contributed by atoms with Crippen LogP contribution in [0.4, 0.5) is 4.79 Å². The Morgan fingerprint density at radius 3 is 2.10 bits per heavy atom. The van der Waals surface area contributed by atoms with Gasteiger partial charge in [-0.05, 0) is 45.7 Å². The van der Waals surface area contributed by atoms with Gasteiger partial charge in [-0.15, -0.1) is 0 Å². The van der Waals surface area contributed by atoms with Crippen LogP contribution in [0.3, 0.4) is 0 Å². The maximum absolute atomic E-state index is 12.3. The molecule has 8 nitrogen and oxygen atoms in total. The second kappa shape index (κ2) is 12.0. The maximum atomic E-state index is 12.3. The van der Waals surface area contributed by atoms with Crippen molar-refractivity contribution in [1.82, 2.24) is 21.3 Å². The van der Waals surface area contributed by atoms with Crippen LogP contribution >= 0.6 is 0 Å². The van der Waals surface area contributed by atoms with Crippen molar-refractivity contribution < 1.29 is 14.3 Å². The lowest BCUT2D eigenvalue weighted by Crippen LogP contribution is -2.57. The normalized spacial score (nSPS) is 12.1. The minimum atomic E-state index is -0.549. The van der Waals surface area contributed by atoms with E-state index in [4.69, 9.17) is 4.74 Å². The van der Waals surface area contributed by atoms with Crippen LogP contribution in [0, 0.1) is 0 Å². The summed E-state index contributed by atoms with van der Waals surface area (Å²) < 4.78 is 5.40. The fourth-order valence-electron chi connectivity index (χ4n) is 2.76. The van der Waals surface area contributed by atoms with E-state index in [1.165, 1.54) is 0 Å².